The lowest BCUT2D eigenvalue weighted by Crippen LogP contribution is -2.37. The van der Waals surface area contributed by atoms with E-state index < -0.39 is 5.97 Å². The van der Waals surface area contributed by atoms with E-state index >= 15 is 0 Å². The van der Waals surface area contributed by atoms with E-state index in [2.05, 4.69) is 11.1 Å². The van der Waals surface area contributed by atoms with Gasteiger partial charge in [0.05, 0.1) is 18.5 Å². The highest BCUT2D eigenvalue weighted by atomic mass is 19.1. The van der Waals surface area contributed by atoms with Crippen molar-refractivity contribution < 1.29 is 23.8 Å². The number of hydrogen-bond donors (Lipinski definition) is 1. The summed E-state index contributed by atoms with van der Waals surface area (Å²) < 4.78 is 18.9. The zero-order chi connectivity index (χ0) is 29.2. The van der Waals surface area contributed by atoms with Gasteiger partial charge in [0.15, 0.2) is 0 Å². The second kappa shape index (κ2) is 14.3. The average Bonchev–Trinajstić information content (AvgIpc) is 2.99. The number of unbranched alkanes of at least 4 members (excludes halogenated alkanes) is 1. The molecule has 0 saturated carbocycles. The van der Waals surface area contributed by atoms with Gasteiger partial charge in [-0.25, -0.2) is 4.39 Å². The van der Waals surface area contributed by atoms with Crippen LogP contribution in [0, 0.1) is 5.82 Å². The third kappa shape index (κ3) is 8.33. The number of rotatable bonds is 11. The molecule has 41 heavy (non-hydrogen) atoms. The Bertz CT molecular complexity index is 1410. The van der Waals surface area contributed by atoms with Gasteiger partial charge in [0.2, 0.25) is 0 Å². The third-order valence-corrected chi connectivity index (χ3v) is 7.30. The molecule has 0 radical (unpaired) electrons. The van der Waals surface area contributed by atoms with Gasteiger partial charge in [-0.3, -0.25) is 19.6 Å². The van der Waals surface area contributed by atoms with Crippen molar-refractivity contribution in [3.05, 3.63) is 89.2 Å². The molecule has 0 atom stereocenters. The van der Waals surface area contributed by atoms with Gasteiger partial charge >= 0.3 is 5.97 Å². The Hall–Kier alpha value is -4.33. The predicted octanol–water partition coefficient (Wildman–Crippen LogP) is 7.34. The summed E-state index contributed by atoms with van der Waals surface area (Å²) in [6.45, 7) is 3.19. The van der Waals surface area contributed by atoms with Gasteiger partial charge in [-0.05, 0) is 92.5 Å². The van der Waals surface area contributed by atoms with Crippen molar-refractivity contribution in [2.75, 3.05) is 20.2 Å². The summed E-state index contributed by atoms with van der Waals surface area (Å²) in [4.78, 5) is 35.6. The molecule has 0 aliphatic carbocycles. The second-order valence-electron chi connectivity index (χ2n) is 10.3. The number of halogens is 1. The van der Waals surface area contributed by atoms with Gasteiger partial charge in [-0.15, -0.1) is 0 Å². The molecule has 1 heterocycles. The number of benzene rings is 3. The van der Waals surface area contributed by atoms with Crippen LogP contribution < -0.4 is 4.74 Å². The zero-order valence-corrected chi connectivity index (χ0v) is 23.6. The maximum Gasteiger partial charge on any atom is 0.303 e. The number of carbonyl (C=O) groups excluding carboxylic acids is 1. The van der Waals surface area contributed by atoms with Crippen molar-refractivity contribution in [2.24, 2.45) is 9.98 Å². The molecule has 8 heteroatoms. The Morgan fingerprint density at radius 3 is 2.41 bits per heavy atom. The zero-order valence-electron chi connectivity index (χ0n) is 23.6. The van der Waals surface area contributed by atoms with Crippen LogP contribution in [0.15, 0.2) is 76.7 Å². The van der Waals surface area contributed by atoms with Crippen LogP contribution in [0.5, 0.6) is 5.75 Å². The number of methoxy groups -OCH3 is 1. The van der Waals surface area contributed by atoms with Gasteiger partial charge in [0.1, 0.15) is 11.6 Å². The maximum atomic E-state index is 13.5. The Balaban J connectivity index is 1.51. The third-order valence-electron chi connectivity index (χ3n) is 7.30. The molecule has 4 rings (SSSR count). The number of likely N-dealkylation sites (tertiary alicyclic amines) is 1. The number of amides is 1. The van der Waals surface area contributed by atoms with Crippen molar-refractivity contribution >= 4 is 35.2 Å². The van der Waals surface area contributed by atoms with Crippen LogP contribution in [-0.4, -0.2) is 54.0 Å². The molecule has 1 aliphatic heterocycles. The Morgan fingerprint density at radius 1 is 1.00 bits per heavy atom. The molecular weight excluding hydrogens is 521 g/mol. The summed E-state index contributed by atoms with van der Waals surface area (Å²) in [5.41, 5.74) is 4.44. The van der Waals surface area contributed by atoms with E-state index in [1.54, 1.807) is 43.7 Å². The SMILES string of the molecule is COc1ccccc1C1CCN(C(=O)c2ccc(/N=C/c3ccc(F)cc3)c(/N=C(\C)CCCCC(=O)O)c2)CC1. The Morgan fingerprint density at radius 2 is 1.71 bits per heavy atom. The first-order valence-electron chi connectivity index (χ1n) is 14.0. The first-order valence-corrected chi connectivity index (χ1v) is 14.0. The van der Waals surface area contributed by atoms with Crippen LogP contribution in [0.2, 0.25) is 0 Å². The van der Waals surface area contributed by atoms with Crippen LogP contribution in [0.4, 0.5) is 15.8 Å². The second-order valence-corrected chi connectivity index (χ2v) is 10.3. The molecule has 1 saturated heterocycles. The van der Waals surface area contributed by atoms with E-state index in [9.17, 15) is 14.0 Å². The van der Waals surface area contributed by atoms with Crippen LogP contribution in [0.25, 0.3) is 0 Å². The highest BCUT2D eigenvalue weighted by Gasteiger charge is 2.26. The van der Waals surface area contributed by atoms with Gasteiger partial charge in [0.25, 0.3) is 5.91 Å². The lowest BCUT2D eigenvalue weighted by molar-refractivity contribution is -0.137. The molecule has 7 nitrogen and oxygen atoms in total. The van der Waals surface area contributed by atoms with Crippen LogP contribution >= 0.6 is 0 Å². The smallest absolute Gasteiger partial charge is 0.303 e. The number of carbonyl (C=O) groups is 2. The first kappa shape index (κ1) is 29.6. The number of ether oxygens (including phenoxy) is 1. The lowest BCUT2D eigenvalue weighted by atomic mass is 9.88. The number of para-hydroxylation sites is 1. The van der Waals surface area contributed by atoms with Crippen LogP contribution in [-0.2, 0) is 4.79 Å². The molecule has 3 aromatic carbocycles. The fourth-order valence-electron chi connectivity index (χ4n) is 5.05. The molecule has 1 amide bonds. The van der Waals surface area contributed by atoms with E-state index in [1.807, 2.05) is 30.0 Å². The molecule has 1 aliphatic rings. The molecular formula is C33H36FN3O4. The summed E-state index contributed by atoms with van der Waals surface area (Å²) in [5, 5.41) is 8.90. The number of aliphatic carboxylic acids is 1. The average molecular weight is 558 g/mol. The molecule has 1 N–H and O–H groups in total. The fourth-order valence-corrected chi connectivity index (χ4v) is 5.05. The monoisotopic (exact) mass is 557 g/mol. The van der Waals surface area contributed by atoms with Crippen LogP contribution in [0.1, 0.15) is 72.9 Å². The summed E-state index contributed by atoms with van der Waals surface area (Å²) in [6, 6.07) is 19.4. The van der Waals surface area contributed by atoms with E-state index in [0.29, 0.717) is 55.2 Å². The lowest BCUT2D eigenvalue weighted by Gasteiger charge is -2.33. The highest BCUT2D eigenvalue weighted by molar-refractivity contribution is 5.97. The minimum atomic E-state index is -0.810. The molecule has 214 valence electrons. The topological polar surface area (TPSA) is 91.6 Å². The van der Waals surface area contributed by atoms with Crippen molar-refractivity contribution in [2.45, 2.75) is 51.4 Å². The highest BCUT2D eigenvalue weighted by Crippen LogP contribution is 2.35. The minimum Gasteiger partial charge on any atom is -0.496 e. The molecule has 0 bridgehead atoms. The normalized spacial score (nSPS) is 14.4. The number of carboxylic acids is 1. The number of aliphatic imine (C=N–C) groups is 2. The van der Waals surface area contributed by atoms with E-state index in [1.165, 1.54) is 17.7 Å². The van der Waals surface area contributed by atoms with Crippen molar-refractivity contribution in [1.82, 2.24) is 4.90 Å². The largest absolute Gasteiger partial charge is 0.496 e. The van der Waals surface area contributed by atoms with Gasteiger partial charge in [0, 0.05) is 37.0 Å². The van der Waals surface area contributed by atoms with Gasteiger partial charge in [-0.1, -0.05) is 30.3 Å². The van der Waals surface area contributed by atoms with Gasteiger partial charge in [-0.2, -0.15) is 0 Å². The van der Waals surface area contributed by atoms with E-state index in [0.717, 1.165) is 29.9 Å². The van der Waals surface area contributed by atoms with Crippen molar-refractivity contribution in [3.8, 4) is 5.75 Å². The number of carboxylic acid groups (broad SMARTS) is 1. The molecule has 0 aromatic heterocycles. The molecule has 0 unspecified atom stereocenters. The fraction of sp³-hybridized carbons (Fsp3) is 0.333. The van der Waals surface area contributed by atoms with E-state index in [-0.39, 0.29) is 18.1 Å². The van der Waals surface area contributed by atoms with Crippen molar-refractivity contribution in [1.29, 1.82) is 0 Å². The molecule has 0 spiro atoms. The molecule has 3 aromatic rings. The summed E-state index contributed by atoms with van der Waals surface area (Å²) in [5.74, 6) is 0.0428. The quantitative estimate of drug-likeness (QED) is 0.197. The van der Waals surface area contributed by atoms with Crippen molar-refractivity contribution in [3.63, 3.8) is 0 Å². The Labute approximate surface area is 240 Å². The number of nitrogens with zero attached hydrogens (tertiary/aromatic N) is 3. The summed E-state index contributed by atoms with van der Waals surface area (Å²) in [6.07, 6.45) is 5.39. The Kier molecular flexibility index (Phi) is 10.4. The minimum absolute atomic E-state index is 0.0481. The maximum absolute atomic E-state index is 13.5. The molecule has 1 fully saturated rings. The van der Waals surface area contributed by atoms with Crippen LogP contribution in [0.3, 0.4) is 0 Å². The van der Waals surface area contributed by atoms with E-state index in [4.69, 9.17) is 14.8 Å². The number of hydrogen-bond acceptors (Lipinski definition) is 5. The summed E-state index contributed by atoms with van der Waals surface area (Å²) >= 11 is 0. The predicted molar refractivity (Wildman–Crippen MR) is 160 cm³/mol. The van der Waals surface area contributed by atoms with Gasteiger partial charge < -0.3 is 14.7 Å². The summed E-state index contributed by atoms with van der Waals surface area (Å²) in [7, 11) is 1.68. The first-order chi connectivity index (χ1) is 19.8. The standard InChI is InChI=1S/C33H36FN3O4/c1-23(7-3-6-10-32(38)39)36-30-21-26(13-16-29(30)35-22-24-11-14-27(34)15-12-24)33(40)37-19-17-25(18-20-37)28-8-4-5-9-31(28)41-2/h4-5,8-9,11-16,21-22,25H,3,6-7,10,17-20H2,1-2H3,(H,38,39)/b35-22+,36-23+. The number of piperidine rings is 1.